The minimum atomic E-state index is -0.181. The summed E-state index contributed by atoms with van der Waals surface area (Å²) in [6.07, 6.45) is 2.91. The number of ether oxygens (including phenoxy) is 3. The van der Waals surface area contributed by atoms with E-state index in [1.54, 1.807) is 14.2 Å². The van der Waals surface area contributed by atoms with E-state index in [0.29, 0.717) is 42.1 Å². The van der Waals surface area contributed by atoms with Gasteiger partial charge in [-0.25, -0.2) is 4.39 Å². The quantitative estimate of drug-likeness (QED) is 0.604. The first-order valence-electron chi connectivity index (χ1n) is 9.73. The lowest BCUT2D eigenvalue weighted by Crippen LogP contribution is -2.19. The monoisotopic (exact) mass is 397 g/mol. The van der Waals surface area contributed by atoms with E-state index < -0.39 is 0 Å². The number of benzene rings is 2. The van der Waals surface area contributed by atoms with Crippen molar-refractivity contribution in [3.05, 3.63) is 65.7 Å². The van der Waals surface area contributed by atoms with E-state index in [2.05, 4.69) is 0 Å². The number of allylic oxidation sites excluding steroid dienone is 3. The van der Waals surface area contributed by atoms with Gasteiger partial charge in [-0.15, -0.1) is 0 Å². The van der Waals surface area contributed by atoms with Crippen LogP contribution in [0.15, 0.2) is 60.1 Å². The van der Waals surface area contributed by atoms with Gasteiger partial charge in [0.2, 0.25) is 0 Å². The highest BCUT2D eigenvalue weighted by molar-refractivity contribution is 5.86. The maximum Gasteiger partial charge on any atom is 0.127 e. The number of hydrogen-bond donors (Lipinski definition) is 0. The number of methoxy groups -OCH3 is 2. The zero-order chi connectivity index (χ0) is 20.8. The van der Waals surface area contributed by atoms with Crippen LogP contribution in [0.1, 0.15) is 18.4 Å². The third kappa shape index (κ3) is 4.80. The zero-order valence-corrected chi connectivity index (χ0v) is 17.5. The summed E-state index contributed by atoms with van der Waals surface area (Å²) in [4.78, 5) is 2.05. The highest BCUT2D eigenvalue weighted by Gasteiger charge is 2.23. The molecule has 0 spiro atoms. The van der Waals surface area contributed by atoms with Crippen LogP contribution in [-0.4, -0.2) is 46.4 Å². The predicted molar refractivity (Wildman–Crippen MR) is 115 cm³/mol. The molecule has 0 heterocycles. The third-order valence-corrected chi connectivity index (χ3v) is 4.89. The van der Waals surface area contributed by atoms with Crippen LogP contribution in [0.25, 0.3) is 16.7 Å². The Balaban J connectivity index is 2.10. The Hall–Kier alpha value is -2.79. The normalized spacial score (nSPS) is 14.1. The van der Waals surface area contributed by atoms with Crippen LogP contribution < -0.4 is 9.47 Å². The Morgan fingerprint density at radius 2 is 1.76 bits per heavy atom. The standard InChI is InChI=1S/C24H28FNO3/c1-26(2)14-15-29-22-13-12-17(18-8-5-6-10-21(18)27-3)16-19(22)24-20(25)9-7-11-23(24)28-4/h5-6,8,10-13,16H,7,9,14-15H2,1-4H3. The average Bonchev–Trinajstić information content (AvgIpc) is 2.73. The van der Waals surface area contributed by atoms with Crippen molar-refractivity contribution in [2.24, 2.45) is 0 Å². The fraction of sp³-hybridized carbons (Fsp3) is 0.333. The van der Waals surface area contributed by atoms with Crippen molar-refractivity contribution in [2.75, 3.05) is 41.5 Å². The maximum atomic E-state index is 15.0. The molecular formula is C24H28FNO3. The molecule has 0 atom stereocenters. The Bertz CT molecular complexity index is 918. The van der Waals surface area contributed by atoms with Crippen molar-refractivity contribution in [3.8, 4) is 22.6 Å². The molecular weight excluding hydrogens is 369 g/mol. The van der Waals surface area contributed by atoms with Crippen molar-refractivity contribution in [1.29, 1.82) is 0 Å². The summed E-state index contributed by atoms with van der Waals surface area (Å²) < 4.78 is 32.0. The summed E-state index contributed by atoms with van der Waals surface area (Å²) in [5, 5.41) is 0. The number of hydrogen-bond acceptors (Lipinski definition) is 4. The van der Waals surface area contributed by atoms with Gasteiger partial charge in [-0.3, -0.25) is 0 Å². The van der Waals surface area contributed by atoms with Crippen molar-refractivity contribution in [3.63, 3.8) is 0 Å². The summed E-state index contributed by atoms with van der Waals surface area (Å²) in [5.74, 6) is 1.77. The summed E-state index contributed by atoms with van der Waals surface area (Å²) >= 11 is 0. The molecule has 0 aromatic heterocycles. The molecule has 0 radical (unpaired) electrons. The first-order chi connectivity index (χ1) is 14.0. The van der Waals surface area contributed by atoms with E-state index in [1.165, 1.54) is 0 Å². The average molecular weight is 397 g/mol. The van der Waals surface area contributed by atoms with Crippen molar-refractivity contribution in [2.45, 2.75) is 12.8 Å². The molecule has 154 valence electrons. The smallest absolute Gasteiger partial charge is 0.127 e. The number of likely N-dealkylation sites (N-methyl/N-ethyl adjacent to an activating group) is 1. The minimum absolute atomic E-state index is 0.181. The molecule has 0 bridgehead atoms. The van der Waals surface area contributed by atoms with E-state index in [1.807, 2.05) is 67.5 Å². The first kappa shape index (κ1) is 20.9. The molecule has 29 heavy (non-hydrogen) atoms. The van der Waals surface area contributed by atoms with Crippen LogP contribution in [0, 0.1) is 0 Å². The number of rotatable bonds is 8. The number of nitrogens with zero attached hydrogens (tertiary/aromatic N) is 1. The van der Waals surface area contributed by atoms with Gasteiger partial charge < -0.3 is 19.1 Å². The van der Waals surface area contributed by atoms with Gasteiger partial charge in [0.15, 0.2) is 0 Å². The van der Waals surface area contributed by atoms with Gasteiger partial charge in [-0.1, -0.05) is 24.3 Å². The van der Waals surface area contributed by atoms with Crippen molar-refractivity contribution in [1.82, 2.24) is 4.90 Å². The van der Waals surface area contributed by atoms with E-state index >= 15 is 0 Å². The van der Waals surface area contributed by atoms with Gasteiger partial charge in [0.1, 0.15) is 29.7 Å². The van der Waals surface area contributed by atoms with E-state index in [9.17, 15) is 4.39 Å². The van der Waals surface area contributed by atoms with E-state index in [0.717, 1.165) is 23.4 Å². The van der Waals surface area contributed by atoms with Gasteiger partial charge in [0.25, 0.3) is 0 Å². The van der Waals surface area contributed by atoms with E-state index in [4.69, 9.17) is 14.2 Å². The molecule has 0 aliphatic heterocycles. The van der Waals surface area contributed by atoms with Crippen molar-refractivity contribution >= 4 is 5.57 Å². The topological polar surface area (TPSA) is 30.9 Å². The summed E-state index contributed by atoms with van der Waals surface area (Å²) in [5.41, 5.74) is 3.03. The Labute approximate surface area is 172 Å². The third-order valence-electron chi connectivity index (χ3n) is 4.89. The van der Waals surface area contributed by atoms with Crippen LogP contribution in [-0.2, 0) is 4.74 Å². The lowest BCUT2D eigenvalue weighted by Gasteiger charge is -2.21. The van der Waals surface area contributed by atoms with Crippen LogP contribution in [0.2, 0.25) is 0 Å². The van der Waals surface area contributed by atoms with Gasteiger partial charge in [0.05, 0.1) is 19.8 Å². The highest BCUT2D eigenvalue weighted by Crippen LogP contribution is 2.41. The van der Waals surface area contributed by atoms with Crippen LogP contribution >= 0.6 is 0 Å². The lowest BCUT2D eigenvalue weighted by molar-refractivity contribution is 0.260. The number of halogens is 1. The molecule has 1 aliphatic rings. The predicted octanol–water partition coefficient (Wildman–Crippen LogP) is 5.31. The largest absolute Gasteiger partial charge is 0.496 e. The molecule has 1 aliphatic carbocycles. The molecule has 0 unspecified atom stereocenters. The Kier molecular flexibility index (Phi) is 6.94. The highest BCUT2D eigenvalue weighted by atomic mass is 19.1. The molecule has 0 saturated heterocycles. The summed E-state index contributed by atoms with van der Waals surface area (Å²) in [6, 6.07) is 13.6. The van der Waals surface area contributed by atoms with Gasteiger partial charge in [-0.05, 0) is 50.4 Å². The SMILES string of the molecule is COC1=CCCC(F)=C1c1cc(-c2ccccc2OC)ccc1OCCN(C)C. The molecule has 0 fully saturated rings. The van der Waals surface area contributed by atoms with E-state index in [-0.39, 0.29) is 5.83 Å². The lowest BCUT2D eigenvalue weighted by atomic mass is 9.92. The molecule has 0 amide bonds. The molecule has 0 saturated carbocycles. The summed E-state index contributed by atoms with van der Waals surface area (Å²) in [6.45, 7) is 1.27. The second-order valence-electron chi connectivity index (χ2n) is 7.15. The van der Waals surface area contributed by atoms with Crippen molar-refractivity contribution < 1.29 is 18.6 Å². The van der Waals surface area contributed by atoms with Crippen LogP contribution in [0.3, 0.4) is 0 Å². The fourth-order valence-corrected chi connectivity index (χ4v) is 3.40. The Morgan fingerprint density at radius 1 is 0.966 bits per heavy atom. The summed E-state index contributed by atoms with van der Waals surface area (Å²) in [7, 11) is 7.20. The molecule has 3 rings (SSSR count). The van der Waals surface area contributed by atoms with Gasteiger partial charge in [0, 0.05) is 24.1 Å². The second kappa shape index (κ2) is 9.61. The second-order valence-corrected chi connectivity index (χ2v) is 7.15. The molecule has 4 nitrogen and oxygen atoms in total. The fourth-order valence-electron chi connectivity index (χ4n) is 3.40. The molecule has 5 heteroatoms. The minimum Gasteiger partial charge on any atom is -0.496 e. The molecule has 0 N–H and O–H groups in total. The van der Waals surface area contributed by atoms with Crippen LogP contribution in [0.5, 0.6) is 11.5 Å². The maximum absolute atomic E-state index is 15.0. The Morgan fingerprint density at radius 3 is 2.48 bits per heavy atom. The number of para-hydroxylation sites is 1. The van der Waals surface area contributed by atoms with Crippen LogP contribution in [0.4, 0.5) is 4.39 Å². The first-order valence-corrected chi connectivity index (χ1v) is 9.73. The van der Waals surface area contributed by atoms with Gasteiger partial charge >= 0.3 is 0 Å². The zero-order valence-electron chi connectivity index (χ0n) is 17.5. The van der Waals surface area contributed by atoms with Gasteiger partial charge in [-0.2, -0.15) is 0 Å². The molecule has 2 aromatic rings. The molecule has 2 aromatic carbocycles.